The van der Waals surface area contributed by atoms with Crippen molar-refractivity contribution in [1.29, 1.82) is 0 Å². The van der Waals surface area contributed by atoms with Gasteiger partial charge in [-0.2, -0.15) is 0 Å². The molecule has 3 fully saturated rings. The summed E-state index contributed by atoms with van der Waals surface area (Å²) >= 11 is 0. The number of carboxylic acid groups (broad SMARTS) is 3. The molecule has 12 nitrogen and oxygen atoms in total. The van der Waals surface area contributed by atoms with Gasteiger partial charge in [0.15, 0.2) is 0 Å². The number of rotatable bonds is 3. The van der Waals surface area contributed by atoms with Gasteiger partial charge in [0.05, 0.1) is 0 Å². The van der Waals surface area contributed by atoms with Gasteiger partial charge in [0, 0.05) is 68.6 Å². The summed E-state index contributed by atoms with van der Waals surface area (Å²) in [5.74, 6) is -3.32. The average molecular weight is 539 g/mol. The van der Waals surface area contributed by atoms with Crippen molar-refractivity contribution in [3.63, 3.8) is 0 Å². The molecular weight excluding hydrogens is 518 g/mol. The van der Waals surface area contributed by atoms with Gasteiger partial charge in [0.2, 0.25) is 17.7 Å². The molecule has 3 aliphatic heterocycles. The van der Waals surface area contributed by atoms with Crippen LogP contribution in [0, 0.1) is 49.4 Å². The van der Waals surface area contributed by atoms with E-state index in [9.17, 15) is 28.8 Å². The molecule has 0 aromatic heterocycles. The molecule has 0 aromatic carbocycles. The number of carbonyl (C=O) groups excluding carboxylic acids is 3. The van der Waals surface area contributed by atoms with E-state index in [-0.39, 0.29) is 67.1 Å². The third kappa shape index (κ3) is 9.55. The fraction of sp³-hybridized carbons (Fsp3) is 0.600. The van der Waals surface area contributed by atoms with Crippen LogP contribution in [0.25, 0.3) is 0 Å². The van der Waals surface area contributed by atoms with Gasteiger partial charge in [0.25, 0.3) is 0 Å². The smallest absolute Gasteiger partial charge is 0.326 e. The molecule has 0 bridgehead atoms. The summed E-state index contributed by atoms with van der Waals surface area (Å²) in [4.78, 5) is 61.5. The number of nitrogens with one attached hydrogen (secondary N) is 3. The van der Waals surface area contributed by atoms with Gasteiger partial charge >= 0.3 is 17.9 Å². The molecule has 3 rings (SSSR count). The first-order valence-corrected chi connectivity index (χ1v) is 8.16. The van der Waals surface area contributed by atoms with Crippen molar-refractivity contribution in [2.45, 2.75) is 56.7 Å². The van der Waals surface area contributed by atoms with Gasteiger partial charge in [-0.05, 0) is 19.3 Å². The van der Waals surface area contributed by atoms with Crippen LogP contribution in [0.15, 0.2) is 0 Å². The summed E-state index contributed by atoms with van der Waals surface area (Å²) in [7, 11) is 0. The SMILES string of the molecule is O=C1CCC(C(=O)O)N1.O=C1CCC(C(=O)O)N1.O=C1CCC(C(=O)O)N1.[Eu]. The normalized spacial score (nSPS) is 24.9. The predicted molar refractivity (Wildman–Crippen MR) is 86.4 cm³/mol. The maximum atomic E-state index is 10.4. The Balaban J connectivity index is 0.000000384. The standard InChI is InChI=1S/3C5H7NO3.Eu/c3*7-4-2-1-3(6-4)5(8)9;/h3*3H,1-2H2,(H,6,7)(H,8,9);. The van der Waals surface area contributed by atoms with Crippen LogP contribution in [0.1, 0.15) is 38.5 Å². The van der Waals surface area contributed by atoms with Gasteiger partial charge in [-0.3, -0.25) is 14.4 Å². The van der Waals surface area contributed by atoms with Crippen molar-refractivity contribution < 1.29 is 93.5 Å². The second-order valence-corrected chi connectivity index (χ2v) is 5.99. The minimum Gasteiger partial charge on any atom is -0.480 e. The van der Waals surface area contributed by atoms with Crippen molar-refractivity contribution in [1.82, 2.24) is 16.0 Å². The molecule has 3 amide bonds. The Kier molecular flexibility index (Phi) is 12.1. The summed E-state index contributed by atoms with van der Waals surface area (Å²) in [5, 5.41) is 31.9. The number of carbonyl (C=O) groups is 6. The number of hydrogen-bond acceptors (Lipinski definition) is 6. The third-order valence-corrected chi connectivity index (χ3v) is 3.88. The average Bonchev–Trinajstić information content (AvgIpc) is 3.30. The zero-order chi connectivity index (χ0) is 20.6. The zero-order valence-corrected chi connectivity index (χ0v) is 17.1. The summed E-state index contributed by atoms with van der Waals surface area (Å²) < 4.78 is 0. The number of amides is 3. The Bertz CT molecular complexity index is 555. The van der Waals surface area contributed by atoms with Gasteiger partial charge in [-0.1, -0.05) is 0 Å². The van der Waals surface area contributed by atoms with E-state index in [1.165, 1.54) is 0 Å². The first kappa shape index (κ1) is 26.4. The molecule has 0 saturated carbocycles. The van der Waals surface area contributed by atoms with E-state index in [1.807, 2.05) is 0 Å². The molecule has 3 atom stereocenters. The van der Waals surface area contributed by atoms with Gasteiger partial charge in [-0.15, -0.1) is 0 Å². The minimum absolute atomic E-state index is 0. The molecule has 3 aliphatic rings. The summed E-state index contributed by atoms with van der Waals surface area (Å²) in [6.45, 7) is 0. The first-order chi connectivity index (χ1) is 12.6. The quantitative estimate of drug-likeness (QED) is 0.236. The second kappa shape index (κ2) is 12.8. The molecule has 3 heterocycles. The number of hydrogen-bond donors (Lipinski definition) is 6. The predicted octanol–water partition coefficient (Wildman–Crippen LogP) is -1.95. The maximum Gasteiger partial charge on any atom is 0.326 e. The Labute approximate surface area is 200 Å². The number of aliphatic carboxylic acids is 3. The summed E-state index contributed by atoms with van der Waals surface area (Å²) in [6.07, 6.45) is 2.31. The topological polar surface area (TPSA) is 199 Å². The van der Waals surface area contributed by atoms with Crippen LogP contribution in [-0.4, -0.2) is 69.1 Å². The maximum absolute atomic E-state index is 10.4. The van der Waals surface area contributed by atoms with Crippen molar-refractivity contribution in [3.8, 4) is 0 Å². The van der Waals surface area contributed by atoms with Crippen LogP contribution >= 0.6 is 0 Å². The van der Waals surface area contributed by atoms with Crippen molar-refractivity contribution >= 4 is 35.6 Å². The largest absolute Gasteiger partial charge is 0.480 e. The fourth-order valence-electron chi connectivity index (χ4n) is 2.40. The van der Waals surface area contributed by atoms with Crippen molar-refractivity contribution in [2.75, 3.05) is 0 Å². The van der Waals surface area contributed by atoms with E-state index in [1.54, 1.807) is 0 Å². The minimum atomic E-state index is -0.944. The Morgan fingerprint density at radius 1 is 0.607 bits per heavy atom. The van der Waals surface area contributed by atoms with E-state index in [0.717, 1.165) is 0 Å². The van der Waals surface area contributed by atoms with Crippen LogP contribution in [0.2, 0.25) is 0 Å². The van der Waals surface area contributed by atoms with Crippen LogP contribution in [0.4, 0.5) is 0 Å². The van der Waals surface area contributed by atoms with Crippen LogP contribution in [0.5, 0.6) is 0 Å². The monoisotopic (exact) mass is 540 g/mol. The second-order valence-electron chi connectivity index (χ2n) is 5.99. The van der Waals surface area contributed by atoms with Crippen molar-refractivity contribution in [2.24, 2.45) is 0 Å². The Hall–Kier alpha value is -1.60. The van der Waals surface area contributed by atoms with E-state index in [4.69, 9.17) is 15.3 Å². The molecule has 3 unspecified atom stereocenters. The Morgan fingerprint density at radius 2 is 0.821 bits per heavy atom. The molecule has 157 valence electrons. The van der Waals surface area contributed by atoms with Crippen LogP contribution in [-0.2, 0) is 28.8 Å². The third-order valence-electron chi connectivity index (χ3n) is 3.88. The zero-order valence-electron chi connectivity index (χ0n) is 14.6. The van der Waals surface area contributed by atoms with E-state index < -0.39 is 36.0 Å². The summed E-state index contributed by atoms with van der Waals surface area (Å²) in [6, 6.07) is -1.92. The fourth-order valence-corrected chi connectivity index (χ4v) is 2.40. The molecule has 3 saturated heterocycles. The molecule has 13 heteroatoms. The van der Waals surface area contributed by atoms with Crippen LogP contribution in [0.3, 0.4) is 0 Å². The molecule has 1 radical (unpaired) electrons. The van der Waals surface area contributed by atoms with E-state index in [2.05, 4.69) is 16.0 Å². The van der Waals surface area contributed by atoms with E-state index >= 15 is 0 Å². The van der Waals surface area contributed by atoms with E-state index in [0.29, 0.717) is 38.5 Å². The van der Waals surface area contributed by atoms with Gasteiger partial charge in [0.1, 0.15) is 18.1 Å². The summed E-state index contributed by atoms with van der Waals surface area (Å²) in [5.41, 5.74) is 0. The molecule has 28 heavy (non-hydrogen) atoms. The van der Waals surface area contributed by atoms with Gasteiger partial charge < -0.3 is 31.3 Å². The molecule has 0 aromatic rings. The van der Waals surface area contributed by atoms with Gasteiger partial charge in [-0.25, -0.2) is 14.4 Å². The number of carboxylic acids is 3. The first-order valence-electron chi connectivity index (χ1n) is 8.16. The molecular formula is C15H21EuN3O9. The Morgan fingerprint density at radius 3 is 0.893 bits per heavy atom. The molecule has 6 N–H and O–H groups in total. The molecule has 0 spiro atoms. The molecule has 0 aliphatic carbocycles. The van der Waals surface area contributed by atoms with Crippen LogP contribution < -0.4 is 16.0 Å². The van der Waals surface area contributed by atoms with Crippen molar-refractivity contribution in [3.05, 3.63) is 0 Å².